The van der Waals surface area contributed by atoms with Gasteiger partial charge in [-0.15, -0.1) is 0 Å². The van der Waals surface area contributed by atoms with Gasteiger partial charge in [-0.3, -0.25) is 19.8 Å². The fraction of sp³-hybridized carbons (Fsp3) is 0.0909. The molecule has 0 radical (unpaired) electrons. The molecule has 1 fully saturated rings. The van der Waals surface area contributed by atoms with E-state index in [4.69, 9.17) is 21.4 Å². The van der Waals surface area contributed by atoms with Crippen molar-refractivity contribution in [1.29, 1.82) is 0 Å². The first-order valence-electron chi connectivity index (χ1n) is 9.14. The minimum atomic E-state index is -0.490. The number of nitro benzene ring substituents is 1. The van der Waals surface area contributed by atoms with E-state index in [0.717, 1.165) is 5.56 Å². The summed E-state index contributed by atoms with van der Waals surface area (Å²) in [4.78, 5) is 25.3. The molecule has 1 amide bonds. The van der Waals surface area contributed by atoms with E-state index in [1.807, 2.05) is 31.2 Å². The van der Waals surface area contributed by atoms with E-state index in [2.05, 4.69) is 0 Å². The number of amides is 1. The van der Waals surface area contributed by atoms with Crippen molar-refractivity contribution in [3.05, 3.63) is 80.9 Å². The average molecular weight is 453 g/mol. The average Bonchev–Trinajstić information content (AvgIpc) is 3.32. The number of carbonyl (C=O) groups is 1. The SMILES string of the molecule is COc1cc([N+](=O)[O-])ccc1-c1ccc(/C=C2/SC(=S)N(c3ccc(C)cc3)C2=O)o1. The number of ether oxygens (including phenoxy) is 1. The van der Waals surface area contributed by atoms with E-state index in [9.17, 15) is 14.9 Å². The quantitative estimate of drug-likeness (QED) is 0.216. The van der Waals surface area contributed by atoms with Gasteiger partial charge >= 0.3 is 0 Å². The zero-order chi connectivity index (χ0) is 22.1. The largest absolute Gasteiger partial charge is 0.496 e. The summed E-state index contributed by atoms with van der Waals surface area (Å²) in [6.07, 6.45) is 1.63. The molecule has 156 valence electrons. The first-order chi connectivity index (χ1) is 14.9. The fourth-order valence-electron chi connectivity index (χ4n) is 3.09. The van der Waals surface area contributed by atoms with Gasteiger partial charge < -0.3 is 9.15 Å². The number of methoxy groups -OCH3 is 1. The molecule has 2 heterocycles. The Morgan fingerprint density at radius 3 is 2.58 bits per heavy atom. The number of hydrogen-bond acceptors (Lipinski definition) is 7. The highest BCUT2D eigenvalue weighted by Crippen LogP contribution is 2.38. The van der Waals surface area contributed by atoms with Crippen LogP contribution in [0.2, 0.25) is 0 Å². The van der Waals surface area contributed by atoms with Gasteiger partial charge in [0.1, 0.15) is 17.3 Å². The van der Waals surface area contributed by atoms with Crippen LogP contribution in [0.3, 0.4) is 0 Å². The Bertz CT molecular complexity index is 1230. The Morgan fingerprint density at radius 1 is 1.16 bits per heavy atom. The van der Waals surface area contributed by atoms with Crippen LogP contribution in [0.25, 0.3) is 17.4 Å². The smallest absolute Gasteiger partial charge is 0.273 e. The standard InChI is InChI=1S/C22H16N2O5S2/c1-13-3-5-14(6-4-13)23-21(25)20(31-22(23)30)12-16-8-10-18(29-16)17-9-7-15(24(26)27)11-19(17)28-2/h3-12H,1-2H3/b20-12+. The molecule has 3 aromatic rings. The molecule has 0 bridgehead atoms. The fourth-order valence-corrected chi connectivity index (χ4v) is 4.36. The number of carbonyl (C=O) groups excluding carboxylic acids is 1. The number of thiocarbonyl (C=S) groups is 1. The summed E-state index contributed by atoms with van der Waals surface area (Å²) in [6, 6.07) is 15.3. The molecule has 0 atom stereocenters. The summed E-state index contributed by atoms with van der Waals surface area (Å²) < 4.78 is 11.6. The number of rotatable bonds is 5. The topological polar surface area (TPSA) is 85.8 Å². The van der Waals surface area contributed by atoms with Crippen molar-refractivity contribution in [2.45, 2.75) is 6.92 Å². The molecule has 1 aliphatic heterocycles. The lowest BCUT2D eigenvalue weighted by Crippen LogP contribution is -2.27. The third-order valence-corrected chi connectivity index (χ3v) is 5.95. The van der Waals surface area contributed by atoms with Gasteiger partial charge in [0.05, 0.1) is 34.3 Å². The first kappa shape index (κ1) is 20.8. The highest BCUT2D eigenvalue weighted by Gasteiger charge is 2.33. The van der Waals surface area contributed by atoms with Crippen molar-refractivity contribution >= 4 is 51.7 Å². The molecule has 1 saturated heterocycles. The van der Waals surface area contributed by atoms with Crippen LogP contribution in [0.15, 0.2) is 63.9 Å². The number of non-ortho nitro benzene ring substituents is 1. The zero-order valence-corrected chi connectivity index (χ0v) is 18.2. The molecule has 7 nitrogen and oxygen atoms in total. The Hall–Kier alpha value is -3.43. The lowest BCUT2D eigenvalue weighted by molar-refractivity contribution is -0.384. The number of anilines is 1. The number of nitro groups is 1. The van der Waals surface area contributed by atoms with Gasteiger partial charge in [0.15, 0.2) is 4.32 Å². The molecule has 0 unspecified atom stereocenters. The molecule has 0 aliphatic carbocycles. The third kappa shape index (κ3) is 4.10. The highest BCUT2D eigenvalue weighted by molar-refractivity contribution is 8.27. The van der Waals surface area contributed by atoms with Crippen molar-refractivity contribution in [2.24, 2.45) is 0 Å². The second kappa shape index (κ2) is 8.37. The number of hydrogen-bond donors (Lipinski definition) is 0. The van der Waals surface area contributed by atoms with E-state index in [-0.39, 0.29) is 11.6 Å². The number of benzene rings is 2. The molecule has 31 heavy (non-hydrogen) atoms. The monoisotopic (exact) mass is 452 g/mol. The molecule has 0 spiro atoms. The molecule has 1 aliphatic rings. The Kier molecular flexibility index (Phi) is 5.62. The van der Waals surface area contributed by atoms with Gasteiger partial charge in [-0.05, 0) is 37.3 Å². The molecule has 9 heteroatoms. The van der Waals surface area contributed by atoms with E-state index in [1.54, 1.807) is 24.3 Å². The summed E-state index contributed by atoms with van der Waals surface area (Å²) in [5.41, 5.74) is 2.30. The predicted molar refractivity (Wildman–Crippen MR) is 124 cm³/mol. The second-order valence-electron chi connectivity index (χ2n) is 6.70. The number of aryl methyl sites for hydroxylation is 1. The van der Waals surface area contributed by atoms with Crippen LogP contribution < -0.4 is 9.64 Å². The summed E-state index contributed by atoms with van der Waals surface area (Å²) in [5, 5.41) is 11.0. The molecule has 0 N–H and O–H groups in total. The maximum absolute atomic E-state index is 12.9. The van der Waals surface area contributed by atoms with E-state index in [0.29, 0.717) is 37.7 Å². The summed E-state index contributed by atoms with van der Waals surface area (Å²) in [5.74, 6) is 1.03. The van der Waals surface area contributed by atoms with E-state index < -0.39 is 4.92 Å². The van der Waals surface area contributed by atoms with Gasteiger partial charge in [0.25, 0.3) is 11.6 Å². The van der Waals surface area contributed by atoms with Crippen molar-refractivity contribution in [1.82, 2.24) is 0 Å². The van der Waals surface area contributed by atoms with Crippen molar-refractivity contribution in [2.75, 3.05) is 12.0 Å². The maximum Gasteiger partial charge on any atom is 0.273 e. The van der Waals surface area contributed by atoms with Gasteiger partial charge in [0.2, 0.25) is 0 Å². The summed E-state index contributed by atoms with van der Waals surface area (Å²) in [6.45, 7) is 1.97. The molecular formula is C22H16N2O5S2. The zero-order valence-electron chi connectivity index (χ0n) is 16.5. The lowest BCUT2D eigenvalue weighted by Gasteiger charge is -2.14. The second-order valence-corrected chi connectivity index (χ2v) is 8.37. The van der Waals surface area contributed by atoms with Crippen LogP contribution in [0.5, 0.6) is 5.75 Å². The minimum absolute atomic E-state index is 0.0767. The minimum Gasteiger partial charge on any atom is -0.496 e. The third-order valence-electron chi connectivity index (χ3n) is 4.65. The number of thioether (sulfide) groups is 1. The van der Waals surface area contributed by atoms with Crippen LogP contribution in [0.1, 0.15) is 11.3 Å². The van der Waals surface area contributed by atoms with E-state index in [1.165, 1.54) is 35.9 Å². The number of furan rings is 1. The summed E-state index contributed by atoms with van der Waals surface area (Å²) in [7, 11) is 1.43. The van der Waals surface area contributed by atoms with Crippen molar-refractivity contribution in [3.63, 3.8) is 0 Å². The van der Waals surface area contributed by atoms with Crippen molar-refractivity contribution in [3.8, 4) is 17.1 Å². The van der Waals surface area contributed by atoms with Crippen LogP contribution in [-0.2, 0) is 4.79 Å². The molecule has 1 aromatic heterocycles. The lowest BCUT2D eigenvalue weighted by atomic mass is 10.1. The van der Waals surface area contributed by atoms with Crippen LogP contribution in [0.4, 0.5) is 11.4 Å². The number of nitrogens with zero attached hydrogens (tertiary/aromatic N) is 2. The van der Waals surface area contributed by atoms with Gasteiger partial charge in [-0.25, -0.2) is 0 Å². The van der Waals surface area contributed by atoms with Crippen molar-refractivity contribution < 1.29 is 18.9 Å². The molecule has 4 rings (SSSR count). The molecular weight excluding hydrogens is 436 g/mol. The molecule has 2 aromatic carbocycles. The first-order valence-corrected chi connectivity index (χ1v) is 10.4. The Balaban J connectivity index is 1.62. The van der Waals surface area contributed by atoms with Crippen LogP contribution in [-0.4, -0.2) is 22.3 Å². The van der Waals surface area contributed by atoms with E-state index >= 15 is 0 Å². The Morgan fingerprint density at radius 2 is 1.90 bits per heavy atom. The Labute approximate surface area is 187 Å². The highest BCUT2D eigenvalue weighted by atomic mass is 32.2. The summed E-state index contributed by atoms with van der Waals surface area (Å²) >= 11 is 6.60. The molecule has 0 saturated carbocycles. The maximum atomic E-state index is 12.9. The van der Waals surface area contributed by atoms with Gasteiger partial charge in [-0.1, -0.05) is 41.7 Å². The van der Waals surface area contributed by atoms with Gasteiger partial charge in [-0.2, -0.15) is 0 Å². The van der Waals surface area contributed by atoms with Crippen LogP contribution in [0, 0.1) is 17.0 Å². The predicted octanol–water partition coefficient (Wildman–Crippen LogP) is 5.58. The normalized spacial score (nSPS) is 15.0. The van der Waals surface area contributed by atoms with Gasteiger partial charge in [0, 0.05) is 12.1 Å². The van der Waals surface area contributed by atoms with Crippen LogP contribution >= 0.6 is 24.0 Å².